The Morgan fingerprint density at radius 2 is 2.31 bits per heavy atom. The van der Waals surface area contributed by atoms with E-state index in [1.807, 2.05) is 31.2 Å². The van der Waals surface area contributed by atoms with E-state index in [0.717, 1.165) is 11.4 Å². The molecule has 4 heteroatoms. The monoisotopic (exact) mass is 178 g/mol. The maximum absolute atomic E-state index is 10.6. The number of ether oxygens (including phenoxy) is 1. The van der Waals surface area contributed by atoms with E-state index in [2.05, 4.69) is 5.29 Å². The highest BCUT2D eigenvalue weighted by Gasteiger charge is 2.24. The molecule has 1 aliphatic heterocycles. The molecule has 1 unspecified atom stereocenters. The number of para-hydroxylation sites is 2. The quantitative estimate of drug-likeness (QED) is 0.617. The van der Waals surface area contributed by atoms with Gasteiger partial charge in [-0.05, 0) is 19.1 Å². The van der Waals surface area contributed by atoms with E-state index in [9.17, 15) is 4.91 Å². The van der Waals surface area contributed by atoms with Crippen LogP contribution in [0.2, 0.25) is 0 Å². The third kappa shape index (κ3) is 1.24. The molecule has 0 radical (unpaired) electrons. The maximum Gasteiger partial charge on any atom is 0.144 e. The zero-order chi connectivity index (χ0) is 9.26. The Labute approximate surface area is 76.1 Å². The molecule has 0 bridgehead atoms. The third-order valence-electron chi connectivity index (χ3n) is 2.10. The van der Waals surface area contributed by atoms with Crippen molar-refractivity contribution in [3.05, 3.63) is 29.2 Å². The van der Waals surface area contributed by atoms with Gasteiger partial charge < -0.3 is 4.74 Å². The van der Waals surface area contributed by atoms with Gasteiger partial charge in [-0.25, -0.2) is 5.01 Å². The van der Waals surface area contributed by atoms with Gasteiger partial charge >= 0.3 is 0 Å². The molecule has 2 rings (SSSR count). The van der Waals surface area contributed by atoms with Crippen molar-refractivity contribution < 1.29 is 4.74 Å². The first-order valence-corrected chi connectivity index (χ1v) is 4.17. The summed E-state index contributed by atoms with van der Waals surface area (Å²) < 4.78 is 5.43. The number of nitroso groups, excluding NO2 is 1. The molecule has 1 atom stereocenters. The molecule has 1 heterocycles. The molecule has 0 spiro atoms. The standard InChI is InChI=1S/C9H10N2O2/c1-7-6-13-9-5-3-2-4-8(9)11(7)10-12/h2-5,7H,6H2,1H3. The molecule has 0 saturated heterocycles. The van der Waals surface area contributed by atoms with Crippen LogP contribution in [0.25, 0.3) is 0 Å². The summed E-state index contributed by atoms with van der Waals surface area (Å²) in [5.41, 5.74) is 0.747. The predicted octanol–water partition coefficient (Wildman–Crippen LogP) is 1.96. The molecule has 0 aromatic heterocycles. The van der Waals surface area contributed by atoms with Gasteiger partial charge in [-0.15, -0.1) is 4.91 Å². The van der Waals surface area contributed by atoms with Crippen LogP contribution in [0, 0.1) is 4.91 Å². The smallest absolute Gasteiger partial charge is 0.144 e. The number of fused-ring (bicyclic) bond motifs is 1. The number of benzene rings is 1. The van der Waals surface area contributed by atoms with Gasteiger partial charge in [-0.3, -0.25) is 0 Å². The summed E-state index contributed by atoms with van der Waals surface area (Å²) in [6.45, 7) is 2.40. The van der Waals surface area contributed by atoms with Crippen LogP contribution in [-0.2, 0) is 0 Å². The fraction of sp³-hybridized carbons (Fsp3) is 0.333. The van der Waals surface area contributed by atoms with E-state index in [1.54, 1.807) is 0 Å². The summed E-state index contributed by atoms with van der Waals surface area (Å²) in [4.78, 5) is 10.6. The molecule has 4 nitrogen and oxygen atoms in total. The van der Waals surface area contributed by atoms with Crippen molar-refractivity contribution in [3.63, 3.8) is 0 Å². The molecule has 0 saturated carbocycles. The minimum Gasteiger partial charge on any atom is -0.489 e. The average molecular weight is 178 g/mol. The van der Waals surface area contributed by atoms with Crippen molar-refractivity contribution >= 4 is 5.69 Å². The van der Waals surface area contributed by atoms with Gasteiger partial charge in [-0.1, -0.05) is 12.1 Å². The van der Waals surface area contributed by atoms with Gasteiger partial charge in [0.2, 0.25) is 0 Å². The van der Waals surface area contributed by atoms with E-state index in [4.69, 9.17) is 4.74 Å². The Balaban J connectivity index is 2.45. The van der Waals surface area contributed by atoms with E-state index in [1.165, 1.54) is 5.01 Å². The van der Waals surface area contributed by atoms with Crippen LogP contribution < -0.4 is 9.75 Å². The van der Waals surface area contributed by atoms with Gasteiger partial charge in [-0.2, -0.15) is 0 Å². The zero-order valence-electron chi connectivity index (χ0n) is 7.30. The SMILES string of the molecule is CC1COc2ccccc2N1N=O. The molecule has 68 valence electrons. The predicted molar refractivity (Wildman–Crippen MR) is 49.7 cm³/mol. The minimum absolute atomic E-state index is 0.00685. The molecular weight excluding hydrogens is 168 g/mol. The first kappa shape index (κ1) is 8.04. The average Bonchev–Trinajstić information content (AvgIpc) is 2.18. The topological polar surface area (TPSA) is 41.9 Å². The van der Waals surface area contributed by atoms with E-state index in [-0.39, 0.29) is 6.04 Å². The van der Waals surface area contributed by atoms with Gasteiger partial charge in [0.1, 0.15) is 18.0 Å². The number of rotatable bonds is 1. The van der Waals surface area contributed by atoms with Gasteiger partial charge in [0.15, 0.2) is 0 Å². The van der Waals surface area contributed by atoms with Crippen LogP contribution >= 0.6 is 0 Å². The van der Waals surface area contributed by atoms with Crippen LogP contribution in [0.5, 0.6) is 5.75 Å². The van der Waals surface area contributed by atoms with Crippen LogP contribution in [0.3, 0.4) is 0 Å². The number of nitrogens with zero attached hydrogens (tertiary/aromatic N) is 2. The summed E-state index contributed by atoms with van der Waals surface area (Å²) in [6, 6.07) is 7.40. The lowest BCUT2D eigenvalue weighted by molar-refractivity contribution is 0.271. The number of hydrogen-bond acceptors (Lipinski definition) is 3. The summed E-state index contributed by atoms with van der Waals surface area (Å²) in [5, 5.41) is 4.42. The van der Waals surface area contributed by atoms with Crippen molar-refractivity contribution in [1.29, 1.82) is 0 Å². The highest BCUT2D eigenvalue weighted by Crippen LogP contribution is 2.33. The zero-order valence-corrected chi connectivity index (χ0v) is 7.30. The number of anilines is 1. The highest BCUT2D eigenvalue weighted by molar-refractivity contribution is 5.59. The Morgan fingerprint density at radius 1 is 1.54 bits per heavy atom. The Morgan fingerprint density at radius 3 is 3.08 bits per heavy atom. The van der Waals surface area contributed by atoms with Crippen molar-refractivity contribution in [2.24, 2.45) is 5.29 Å². The van der Waals surface area contributed by atoms with Crippen molar-refractivity contribution in [3.8, 4) is 5.75 Å². The normalized spacial score (nSPS) is 20.4. The molecule has 0 fully saturated rings. The lowest BCUT2D eigenvalue weighted by atomic mass is 10.2. The van der Waals surface area contributed by atoms with Crippen molar-refractivity contribution in [1.82, 2.24) is 0 Å². The van der Waals surface area contributed by atoms with Crippen LogP contribution in [-0.4, -0.2) is 12.6 Å². The lowest BCUT2D eigenvalue weighted by Crippen LogP contribution is -2.36. The van der Waals surface area contributed by atoms with Crippen LogP contribution in [0.4, 0.5) is 5.69 Å². The Hall–Kier alpha value is -1.58. The second kappa shape index (κ2) is 3.05. The summed E-state index contributed by atoms with van der Waals surface area (Å²) in [5.74, 6) is 0.722. The third-order valence-corrected chi connectivity index (χ3v) is 2.10. The van der Waals surface area contributed by atoms with Crippen LogP contribution in [0.15, 0.2) is 29.6 Å². The molecule has 1 aromatic rings. The molecule has 0 N–H and O–H groups in total. The van der Waals surface area contributed by atoms with Gasteiger partial charge in [0.25, 0.3) is 0 Å². The molecule has 13 heavy (non-hydrogen) atoms. The summed E-state index contributed by atoms with van der Waals surface area (Å²) in [6.07, 6.45) is 0. The fourth-order valence-electron chi connectivity index (χ4n) is 1.41. The Bertz CT molecular complexity index is 327. The molecule has 1 aliphatic rings. The second-order valence-electron chi connectivity index (χ2n) is 3.05. The van der Waals surface area contributed by atoms with E-state index >= 15 is 0 Å². The van der Waals surface area contributed by atoms with Crippen molar-refractivity contribution in [2.45, 2.75) is 13.0 Å². The number of hydrogen-bond donors (Lipinski definition) is 0. The van der Waals surface area contributed by atoms with Crippen molar-refractivity contribution in [2.75, 3.05) is 11.6 Å². The van der Waals surface area contributed by atoms with E-state index in [0.29, 0.717) is 6.61 Å². The van der Waals surface area contributed by atoms with Crippen LogP contribution in [0.1, 0.15) is 6.92 Å². The summed E-state index contributed by atoms with van der Waals surface area (Å²) in [7, 11) is 0. The molecule has 1 aromatic carbocycles. The first-order valence-electron chi connectivity index (χ1n) is 4.17. The van der Waals surface area contributed by atoms with Gasteiger partial charge in [0, 0.05) is 0 Å². The molecule has 0 aliphatic carbocycles. The summed E-state index contributed by atoms with van der Waals surface area (Å²) >= 11 is 0. The lowest BCUT2D eigenvalue weighted by Gasteiger charge is -2.29. The fourth-order valence-corrected chi connectivity index (χ4v) is 1.41. The minimum atomic E-state index is 0.00685. The molecule has 0 amide bonds. The Kier molecular flexibility index (Phi) is 1.88. The first-order chi connectivity index (χ1) is 6.33. The highest BCUT2D eigenvalue weighted by atomic mass is 16.5. The largest absolute Gasteiger partial charge is 0.489 e. The van der Waals surface area contributed by atoms with E-state index < -0.39 is 0 Å². The second-order valence-corrected chi connectivity index (χ2v) is 3.05. The van der Waals surface area contributed by atoms with Gasteiger partial charge in [0.05, 0.1) is 11.3 Å². The molecular formula is C9H10N2O2. The maximum atomic E-state index is 10.6.